The van der Waals surface area contributed by atoms with E-state index in [1.54, 1.807) is 0 Å². The molecule has 0 spiro atoms. The standard InChI is InChI=1S/C12H20BrNO/c1-9-2-4-10(5-3-9)12(15)14-7-6-11(13)8-14/h9-11H,2-8H2,1H3. The summed E-state index contributed by atoms with van der Waals surface area (Å²) in [5.74, 6) is 1.58. The molecule has 0 aromatic heterocycles. The lowest BCUT2D eigenvalue weighted by Crippen LogP contribution is -2.36. The van der Waals surface area contributed by atoms with E-state index in [1.807, 2.05) is 0 Å². The van der Waals surface area contributed by atoms with Crippen molar-refractivity contribution in [1.82, 2.24) is 4.90 Å². The molecule has 1 saturated carbocycles. The zero-order valence-electron chi connectivity index (χ0n) is 9.42. The van der Waals surface area contributed by atoms with Crippen LogP contribution in [0, 0.1) is 11.8 Å². The van der Waals surface area contributed by atoms with Crippen molar-refractivity contribution in [3.05, 3.63) is 0 Å². The summed E-state index contributed by atoms with van der Waals surface area (Å²) in [5, 5.41) is 0. The molecule has 1 amide bonds. The number of hydrogen-bond acceptors (Lipinski definition) is 1. The molecule has 0 bridgehead atoms. The van der Waals surface area contributed by atoms with Crippen molar-refractivity contribution in [2.45, 2.75) is 43.9 Å². The van der Waals surface area contributed by atoms with Gasteiger partial charge in [0.15, 0.2) is 0 Å². The molecule has 1 unspecified atom stereocenters. The van der Waals surface area contributed by atoms with Crippen LogP contribution in [0.15, 0.2) is 0 Å². The van der Waals surface area contributed by atoms with Crippen LogP contribution in [0.2, 0.25) is 0 Å². The summed E-state index contributed by atoms with van der Waals surface area (Å²) in [7, 11) is 0. The topological polar surface area (TPSA) is 20.3 Å². The minimum Gasteiger partial charge on any atom is -0.341 e. The Labute approximate surface area is 101 Å². The molecular weight excluding hydrogens is 254 g/mol. The molecule has 0 aromatic carbocycles. The first kappa shape index (κ1) is 11.4. The lowest BCUT2D eigenvalue weighted by molar-refractivity contribution is -0.135. The second-order valence-electron chi connectivity index (χ2n) is 5.13. The van der Waals surface area contributed by atoms with E-state index < -0.39 is 0 Å². The second kappa shape index (κ2) is 4.86. The maximum absolute atomic E-state index is 12.2. The van der Waals surface area contributed by atoms with Gasteiger partial charge in [-0.2, -0.15) is 0 Å². The zero-order chi connectivity index (χ0) is 10.8. The van der Waals surface area contributed by atoms with E-state index in [2.05, 4.69) is 27.8 Å². The number of rotatable bonds is 1. The highest BCUT2D eigenvalue weighted by molar-refractivity contribution is 9.09. The van der Waals surface area contributed by atoms with E-state index in [9.17, 15) is 4.79 Å². The summed E-state index contributed by atoms with van der Waals surface area (Å²) in [6.07, 6.45) is 5.83. The SMILES string of the molecule is CC1CCC(C(=O)N2CCC(Br)C2)CC1. The summed E-state index contributed by atoms with van der Waals surface area (Å²) < 4.78 is 0. The fourth-order valence-electron chi connectivity index (χ4n) is 2.68. The van der Waals surface area contributed by atoms with Gasteiger partial charge < -0.3 is 4.90 Å². The molecule has 0 radical (unpaired) electrons. The maximum atomic E-state index is 12.2. The van der Waals surface area contributed by atoms with Crippen molar-refractivity contribution < 1.29 is 4.79 Å². The van der Waals surface area contributed by atoms with E-state index in [0.29, 0.717) is 16.7 Å². The van der Waals surface area contributed by atoms with Crippen molar-refractivity contribution in [3.63, 3.8) is 0 Å². The summed E-state index contributed by atoms with van der Waals surface area (Å²) in [6, 6.07) is 0. The van der Waals surface area contributed by atoms with E-state index in [4.69, 9.17) is 0 Å². The van der Waals surface area contributed by atoms with Crippen molar-refractivity contribution >= 4 is 21.8 Å². The Hall–Kier alpha value is -0.0500. The van der Waals surface area contributed by atoms with Gasteiger partial charge in [0.05, 0.1) is 0 Å². The van der Waals surface area contributed by atoms with E-state index >= 15 is 0 Å². The molecule has 1 saturated heterocycles. The van der Waals surface area contributed by atoms with E-state index in [0.717, 1.165) is 38.3 Å². The molecule has 2 rings (SSSR count). The Morgan fingerprint density at radius 2 is 1.87 bits per heavy atom. The van der Waals surface area contributed by atoms with Gasteiger partial charge in [-0.15, -0.1) is 0 Å². The van der Waals surface area contributed by atoms with Gasteiger partial charge in [0, 0.05) is 23.8 Å². The monoisotopic (exact) mass is 273 g/mol. The third-order valence-electron chi connectivity index (χ3n) is 3.81. The van der Waals surface area contributed by atoms with Crippen LogP contribution in [-0.2, 0) is 4.79 Å². The second-order valence-corrected chi connectivity index (χ2v) is 6.42. The first-order chi connectivity index (χ1) is 7.16. The van der Waals surface area contributed by atoms with E-state index in [1.165, 1.54) is 12.8 Å². The van der Waals surface area contributed by atoms with Gasteiger partial charge in [-0.1, -0.05) is 22.9 Å². The molecule has 1 aliphatic heterocycles. The van der Waals surface area contributed by atoms with Gasteiger partial charge in [0.1, 0.15) is 0 Å². The Morgan fingerprint density at radius 3 is 2.40 bits per heavy atom. The summed E-state index contributed by atoms with van der Waals surface area (Å²) in [5.41, 5.74) is 0. The van der Waals surface area contributed by atoms with Crippen molar-refractivity contribution in [2.75, 3.05) is 13.1 Å². The lowest BCUT2D eigenvalue weighted by Gasteiger charge is -2.28. The van der Waals surface area contributed by atoms with Gasteiger partial charge in [0.2, 0.25) is 5.91 Å². The quantitative estimate of drug-likeness (QED) is 0.673. The Morgan fingerprint density at radius 1 is 1.20 bits per heavy atom. The molecule has 1 heterocycles. The van der Waals surface area contributed by atoms with Gasteiger partial charge in [-0.25, -0.2) is 0 Å². The number of hydrogen-bond donors (Lipinski definition) is 0. The number of likely N-dealkylation sites (tertiary alicyclic amines) is 1. The highest BCUT2D eigenvalue weighted by atomic mass is 79.9. The maximum Gasteiger partial charge on any atom is 0.225 e. The number of nitrogens with zero attached hydrogens (tertiary/aromatic N) is 1. The minimum atomic E-state index is 0.332. The Kier molecular flexibility index (Phi) is 3.70. The fraction of sp³-hybridized carbons (Fsp3) is 0.917. The lowest BCUT2D eigenvalue weighted by atomic mass is 9.82. The molecular formula is C12H20BrNO. The molecule has 2 nitrogen and oxygen atoms in total. The molecule has 3 heteroatoms. The van der Waals surface area contributed by atoms with Gasteiger partial charge in [-0.05, 0) is 38.0 Å². The highest BCUT2D eigenvalue weighted by Crippen LogP contribution is 2.30. The normalized spacial score (nSPS) is 36.9. The summed E-state index contributed by atoms with van der Waals surface area (Å²) in [6.45, 7) is 4.18. The minimum absolute atomic E-state index is 0.332. The van der Waals surface area contributed by atoms with E-state index in [-0.39, 0.29) is 0 Å². The average Bonchev–Trinajstić information content (AvgIpc) is 2.65. The van der Waals surface area contributed by atoms with Gasteiger partial charge in [0.25, 0.3) is 0 Å². The Bertz CT molecular complexity index is 236. The van der Waals surface area contributed by atoms with Gasteiger partial charge in [-0.3, -0.25) is 4.79 Å². The first-order valence-corrected chi connectivity index (χ1v) is 7.01. The third kappa shape index (κ3) is 2.74. The first-order valence-electron chi connectivity index (χ1n) is 6.09. The number of carbonyl (C=O) groups is 1. The number of amides is 1. The van der Waals surface area contributed by atoms with Crippen molar-refractivity contribution in [3.8, 4) is 0 Å². The van der Waals surface area contributed by atoms with Gasteiger partial charge >= 0.3 is 0 Å². The molecule has 0 aromatic rings. The van der Waals surface area contributed by atoms with Crippen LogP contribution in [0.1, 0.15) is 39.0 Å². The van der Waals surface area contributed by atoms with Crippen LogP contribution in [0.3, 0.4) is 0 Å². The number of alkyl halides is 1. The van der Waals surface area contributed by atoms with Crippen LogP contribution in [0.25, 0.3) is 0 Å². The number of carbonyl (C=O) groups excluding carboxylic acids is 1. The summed E-state index contributed by atoms with van der Waals surface area (Å²) in [4.78, 5) is 14.7. The fourth-order valence-corrected chi connectivity index (χ4v) is 3.24. The molecule has 1 aliphatic carbocycles. The summed E-state index contributed by atoms with van der Waals surface area (Å²) >= 11 is 3.59. The zero-order valence-corrected chi connectivity index (χ0v) is 11.0. The van der Waals surface area contributed by atoms with Crippen LogP contribution in [-0.4, -0.2) is 28.7 Å². The molecule has 2 aliphatic rings. The molecule has 2 fully saturated rings. The van der Waals surface area contributed by atoms with Crippen LogP contribution < -0.4 is 0 Å². The highest BCUT2D eigenvalue weighted by Gasteiger charge is 2.31. The molecule has 0 N–H and O–H groups in total. The number of halogens is 1. The van der Waals surface area contributed by atoms with Crippen molar-refractivity contribution in [2.24, 2.45) is 11.8 Å². The molecule has 86 valence electrons. The third-order valence-corrected chi connectivity index (χ3v) is 4.55. The van der Waals surface area contributed by atoms with Crippen molar-refractivity contribution in [1.29, 1.82) is 0 Å². The average molecular weight is 274 g/mol. The molecule has 1 atom stereocenters. The van der Waals surface area contributed by atoms with Crippen LogP contribution in [0.5, 0.6) is 0 Å². The molecule has 15 heavy (non-hydrogen) atoms. The largest absolute Gasteiger partial charge is 0.341 e. The predicted octanol–water partition coefficient (Wildman–Crippen LogP) is 2.81. The Balaban J connectivity index is 1.85. The van der Waals surface area contributed by atoms with Crippen LogP contribution in [0.4, 0.5) is 0 Å². The van der Waals surface area contributed by atoms with Crippen LogP contribution >= 0.6 is 15.9 Å². The smallest absolute Gasteiger partial charge is 0.225 e. The predicted molar refractivity (Wildman–Crippen MR) is 65.0 cm³/mol.